The first-order valence-corrected chi connectivity index (χ1v) is 9.94. The summed E-state index contributed by atoms with van der Waals surface area (Å²) < 4.78 is 12.0. The van der Waals surface area contributed by atoms with Crippen molar-refractivity contribution in [2.75, 3.05) is 19.1 Å². The summed E-state index contributed by atoms with van der Waals surface area (Å²) in [5.41, 5.74) is 1.55. The maximum atomic E-state index is 13.0. The number of barbiturate groups is 1. The van der Waals surface area contributed by atoms with Crippen LogP contribution in [-0.4, -0.2) is 32.1 Å². The summed E-state index contributed by atoms with van der Waals surface area (Å²) in [6.45, 7) is 1.84. The third kappa shape index (κ3) is 4.06. The Hall–Kier alpha value is -2.65. The third-order valence-corrected chi connectivity index (χ3v) is 5.75. The predicted octanol–water partition coefficient (Wildman–Crippen LogP) is 4.20. The number of halogens is 2. The lowest BCUT2D eigenvalue weighted by Crippen LogP contribution is -2.54. The van der Waals surface area contributed by atoms with Crippen LogP contribution in [0.5, 0.6) is 11.5 Å². The minimum absolute atomic E-state index is 0.177. The standard InChI is InChI=1S/C20H16Br2N2O5/c1-10-6-12(4-5-14(10)21)24-19(26)13(18(25)23-20(24)27)7-11-8-15(22)17(29-3)16(9-11)28-2/h4-9H,1-3H3,(H,23,25,27)/b13-7-. The van der Waals surface area contributed by atoms with E-state index in [0.29, 0.717) is 27.2 Å². The second-order valence-electron chi connectivity index (χ2n) is 6.13. The number of aryl methyl sites for hydroxylation is 1. The van der Waals surface area contributed by atoms with Gasteiger partial charge in [0.25, 0.3) is 11.8 Å². The third-order valence-electron chi connectivity index (χ3n) is 4.27. The summed E-state index contributed by atoms with van der Waals surface area (Å²) in [5, 5.41) is 2.21. The molecule has 1 aliphatic heterocycles. The van der Waals surface area contributed by atoms with Gasteiger partial charge in [-0.15, -0.1) is 0 Å². The molecule has 0 radical (unpaired) electrons. The highest BCUT2D eigenvalue weighted by atomic mass is 79.9. The quantitative estimate of drug-likeness (QED) is 0.479. The molecule has 7 nitrogen and oxygen atoms in total. The maximum absolute atomic E-state index is 13.0. The number of imide groups is 2. The van der Waals surface area contributed by atoms with Gasteiger partial charge in [0.2, 0.25) is 0 Å². The molecule has 1 N–H and O–H groups in total. The first-order chi connectivity index (χ1) is 13.8. The number of carbonyl (C=O) groups excluding carboxylic acids is 3. The number of hydrogen-bond acceptors (Lipinski definition) is 5. The van der Waals surface area contributed by atoms with E-state index in [1.807, 2.05) is 6.92 Å². The summed E-state index contributed by atoms with van der Waals surface area (Å²) in [4.78, 5) is 38.6. The minimum Gasteiger partial charge on any atom is -0.493 e. The molecule has 0 spiro atoms. The number of methoxy groups -OCH3 is 2. The zero-order chi connectivity index (χ0) is 21.3. The lowest BCUT2D eigenvalue weighted by Gasteiger charge is -2.26. The van der Waals surface area contributed by atoms with Gasteiger partial charge < -0.3 is 9.47 Å². The van der Waals surface area contributed by atoms with Crippen LogP contribution in [0.3, 0.4) is 0 Å². The summed E-state index contributed by atoms with van der Waals surface area (Å²) in [7, 11) is 2.98. The van der Waals surface area contributed by atoms with Crippen molar-refractivity contribution in [3.63, 3.8) is 0 Å². The van der Waals surface area contributed by atoms with E-state index in [2.05, 4.69) is 37.2 Å². The van der Waals surface area contributed by atoms with Crippen molar-refractivity contribution in [3.05, 3.63) is 56.0 Å². The highest BCUT2D eigenvalue weighted by molar-refractivity contribution is 9.10. The van der Waals surface area contributed by atoms with E-state index >= 15 is 0 Å². The van der Waals surface area contributed by atoms with Crippen molar-refractivity contribution in [2.24, 2.45) is 0 Å². The first kappa shape index (κ1) is 21.1. The fourth-order valence-electron chi connectivity index (χ4n) is 2.85. The van der Waals surface area contributed by atoms with Gasteiger partial charge in [0.15, 0.2) is 11.5 Å². The number of nitrogens with one attached hydrogen (secondary N) is 1. The molecular weight excluding hydrogens is 508 g/mol. The molecule has 0 aliphatic carbocycles. The van der Waals surface area contributed by atoms with E-state index < -0.39 is 17.8 Å². The number of rotatable bonds is 4. The Bertz CT molecular complexity index is 1070. The minimum atomic E-state index is -0.799. The van der Waals surface area contributed by atoms with Crippen LogP contribution >= 0.6 is 31.9 Å². The van der Waals surface area contributed by atoms with Crippen LogP contribution in [0, 0.1) is 6.92 Å². The number of benzene rings is 2. The van der Waals surface area contributed by atoms with Gasteiger partial charge in [0.1, 0.15) is 5.57 Å². The first-order valence-electron chi connectivity index (χ1n) is 8.36. The lowest BCUT2D eigenvalue weighted by molar-refractivity contribution is -0.122. The second-order valence-corrected chi connectivity index (χ2v) is 7.84. The van der Waals surface area contributed by atoms with E-state index in [-0.39, 0.29) is 5.57 Å². The molecule has 3 rings (SSSR count). The van der Waals surface area contributed by atoms with Gasteiger partial charge in [0.05, 0.1) is 24.4 Å². The van der Waals surface area contributed by atoms with E-state index in [0.717, 1.165) is 14.9 Å². The molecule has 1 aliphatic rings. The molecule has 0 unspecified atom stereocenters. The molecule has 0 bridgehead atoms. The number of hydrogen-bond donors (Lipinski definition) is 1. The molecule has 9 heteroatoms. The Labute approximate surface area is 183 Å². The van der Waals surface area contributed by atoms with Crippen molar-refractivity contribution in [1.29, 1.82) is 0 Å². The second kappa shape index (κ2) is 8.38. The Morgan fingerprint density at radius 3 is 2.34 bits per heavy atom. The van der Waals surface area contributed by atoms with Crippen LogP contribution < -0.4 is 19.7 Å². The zero-order valence-corrected chi connectivity index (χ0v) is 18.9. The van der Waals surface area contributed by atoms with Crippen molar-refractivity contribution >= 4 is 61.5 Å². The average molecular weight is 524 g/mol. The Morgan fingerprint density at radius 2 is 1.72 bits per heavy atom. The van der Waals surface area contributed by atoms with Gasteiger partial charge in [-0.3, -0.25) is 14.9 Å². The summed E-state index contributed by atoms with van der Waals surface area (Å²) in [5.74, 6) is -0.576. The molecule has 2 aromatic carbocycles. The lowest BCUT2D eigenvalue weighted by atomic mass is 10.1. The van der Waals surface area contributed by atoms with Crippen LogP contribution in [0.15, 0.2) is 44.9 Å². The number of amides is 4. The van der Waals surface area contributed by atoms with E-state index in [4.69, 9.17) is 9.47 Å². The smallest absolute Gasteiger partial charge is 0.335 e. The molecule has 0 atom stereocenters. The molecule has 150 valence electrons. The topological polar surface area (TPSA) is 84.9 Å². The molecule has 2 aromatic rings. The van der Waals surface area contributed by atoms with Gasteiger partial charge in [-0.25, -0.2) is 9.69 Å². The van der Waals surface area contributed by atoms with E-state index in [1.165, 1.54) is 20.3 Å². The zero-order valence-electron chi connectivity index (χ0n) is 15.7. The largest absolute Gasteiger partial charge is 0.493 e. The average Bonchev–Trinajstić information content (AvgIpc) is 2.67. The molecule has 0 aromatic heterocycles. The summed E-state index contributed by atoms with van der Waals surface area (Å²) in [6, 6.07) is 7.54. The van der Waals surface area contributed by atoms with Gasteiger partial charge in [-0.2, -0.15) is 0 Å². The SMILES string of the molecule is COc1cc(/C=C2/C(=O)NC(=O)N(c3ccc(Br)c(C)c3)C2=O)cc(Br)c1OC. The van der Waals surface area contributed by atoms with Gasteiger partial charge in [-0.1, -0.05) is 15.9 Å². The normalized spacial score (nSPS) is 15.6. The fourth-order valence-corrected chi connectivity index (χ4v) is 3.72. The van der Waals surface area contributed by atoms with Crippen molar-refractivity contribution in [2.45, 2.75) is 6.92 Å². The van der Waals surface area contributed by atoms with E-state index in [9.17, 15) is 14.4 Å². The summed E-state index contributed by atoms with van der Waals surface area (Å²) in [6.07, 6.45) is 1.40. The number of urea groups is 1. The highest BCUT2D eigenvalue weighted by Crippen LogP contribution is 2.37. The Morgan fingerprint density at radius 1 is 1.00 bits per heavy atom. The monoisotopic (exact) mass is 522 g/mol. The van der Waals surface area contributed by atoms with Gasteiger partial charge in [-0.05, 0) is 70.4 Å². The van der Waals surface area contributed by atoms with Gasteiger partial charge in [0, 0.05) is 4.47 Å². The molecule has 0 saturated carbocycles. The molecular formula is C20H16Br2N2O5. The van der Waals surface area contributed by atoms with Crippen molar-refractivity contribution in [3.8, 4) is 11.5 Å². The maximum Gasteiger partial charge on any atom is 0.335 e. The molecule has 1 fully saturated rings. The molecule has 1 saturated heterocycles. The van der Waals surface area contributed by atoms with Crippen LogP contribution in [-0.2, 0) is 9.59 Å². The Balaban J connectivity index is 2.06. The molecule has 29 heavy (non-hydrogen) atoms. The van der Waals surface area contributed by atoms with Crippen LogP contribution in [0.25, 0.3) is 6.08 Å². The van der Waals surface area contributed by atoms with Crippen LogP contribution in [0.1, 0.15) is 11.1 Å². The number of carbonyl (C=O) groups is 3. The number of ether oxygens (including phenoxy) is 2. The highest BCUT2D eigenvalue weighted by Gasteiger charge is 2.37. The summed E-state index contributed by atoms with van der Waals surface area (Å²) >= 11 is 6.76. The predicted molar refractivity (Wildman–Crippen MR) is 115 cm³/mol. The van der Waals surface area contributed by atoms with Crippen LogP contribution in [0.4, 0.5) is 10.5 Å². The molecule has 4 amide bonds. The van der Waals surface area contributed by atoms with E-state index in [1.54, 1.807) is 30.3 Å². The van der Waals surface area contributed by atoms with Gasteiger partial charge >= 0.3 is 6.03 Å². The fraction of sp³-hybridized carbons (Fsp3) is 0.150. The van der Waals surface area contributed by atoms with Crippen LogP contribution in [0.2, 0.25) is 0 Å². The number of anilines is 1. The molecule has 1 heterocycles. The number of nitrogens with zero attached hydrogens (tertiary/aromatic N) is 1. The Kier molecular flexibility index (Phi) is 6.09. The van der Waals surface area contributed by atoms with Crippen molar-refractivity contribution in [1.82, 2.24) is 5.32 Å². The van der Waals surface area contributed by atoms with Crippen molar-refractivity contribution < 1.29 is 23.9 Å².